The minimum atomic E-state index is -3.92. The fourth-order valence-electron chi connectivity index (χ4n) is 4.21. The Hall–Kier alpha value is -3.21. The Morgan fingerprint density at radius 1 is 0.757 bits per heavy atom. The highest BCUT2D eigenvalue weighted by Crippen LogP contribution is 2.24. The van der Waals surface area contributed by atoms with Crippen molar-refractivity contribution in [2.24, 2.45) is 0 Å². The number of nitrogens with one attached hydrogen (secondary N) is 2. The molecule has 0 aliphatic carbocycles. The molecule has 0 bridgehead atoms. The first-order chi connectivity index (χ1) is 17.6. The second-order valence-corrected chi connectivity index (χ2v) is 12.8. The second-order valence-electron chi connectivity index (χ2n) is 9.25. The van der Waals surface area contributed by atoms with Crippen molar-refractivity contribution < 1.29 is 21.6 Å². The number of carbonyl (C=O) groups excluding carboxylic acids is 1. The topological polar surface area (TPSA) is 113 Å². The summed E-state index contributed by atoms with van der Waals surface area (Å²) in [7, 11) is -7.51. The fraction of sp³-hybridized carbons (Fsp3) is 0.296. The Morgan fingerprint density at radius 2 is 1.35 bits per heavy atom. The van der Waals surface area contributed by atoms with Crippen LogP contribution in [0.25, 0.3) is 0 Å². The van der Waals surface area contributed by atoms with Gasteiger partial charge in [0.05, 0.1) is 9.79 Å². The number of aryl methyl sites for hydroxylation is 2. The molecule has 37 heavy (non-hydrogen) atoms. The molecule has 1 amide bonds. The van der Waals surface area contributed by atoms with Crippen LogP contribution >= 0.6 is 0 Å². The van der Waals surface area contributed by atoms with E-state index in [0.717, 1.165) is 31.2 Å². The molecule has 0 radical (unpaired) electrons. The summed E-state index contributed by atoms with van der Waals surface area (Å²) in [4.78, 5) is 13.1. The van der Waals surface area contributed by atoms with Gasteiger partial charge in [-0.15, -0.1) is 0 Å². The van der Waals surface area contributed by atoms with E-state index in [-0.39, 0.29) is 15.4 Å². The van der Waals surface area contributed by atoms with E-state index >= 15 is 0 Å². The second kappa shape index (κ2) is 11.0. The Labute approximate surface area is 218 Å². The van der Waals surface area contributed by atoms with Crippen LogP contribution in [-0.2, 0) is 20.0 Å². The maximum atomic E-state index is 13.0. The molecule has 0 spiro atoms. The molecule has 0 aromatic heterocycles. The van der Waals surface area contributed by atoms with Crippen LogP contribution in [0.2, 0.25) is 0 Å². The third kappa shape index (κ3) is 6.38. The zero-order chi connectivity index (χ0) is 26.6. The molecule has 196 valence electrons. The predicted molar refractivity (Wildman–Crippen MR) is 145 cm³/mol. The molecule has 1 saturated heterocycles. The summed E-state index contributed by atoms with van der Waals surface area (Å²) in [5.74, 6) is -0.505. The summed E-state index contributed by atoms with van der Waals surface area (Å²) < 4.78 is 56.1. The Balaban J connectivity index is 1.49. The van der Waals surface area contributed by atoms with Gasteiger partial charge in [-0.1, -0.05) is 36.6 Å². The smallest absolute Gasteiger partial charge is 0.262 e. The molecule has 1 aliphatic heterocycles. The van der Waals surface area contributed by atoms with E-state index in [1.807, 2.05) is 6.92 Å². The van der Waals surface area contributed by atoms with Crippen molar-refractivity contribution >= 4 is 37.3 Å². The number of benzene rings is 3. The van der Waals surface area contributed by atoms with Crippen molar-refractivity contribution in [2.45, 2.75) is 49.3 Å². The van der Waals surface area contributed by atoms with Gasteiger partial charge in [0.25, 0.3) is 15.9 Å². The standard InChI is InChI=1S/C27H31N3O5S2/c1-20-7-11-24(12-8-20)29-36(32,33)26-19-22(10-9-21(26)2)27(31)28-23-13-15-25(16-14-23)37(34,35)30-17-5-3-4-6-18-30/h7-16,19,29H,3-6,17-18H2,1-2H3,(H,28,31). The van der Waals surface area contributed by atoms with Crippen molar-refractivity contribution in [3.8, 4) is 0 Å². The quantitative estimate of drug-likeness (QED) is 0.441. The monoisotopic (exact) mass is 541 g/mol. The lowest BCUT2D eigenvalue weighted by atomic mass is 10.1. The molecule has 1 fully saturated rings. The highest BCUT2D eigenvalue weighted by molar-refractivity contribution is 7.92. The maximum absolute atomic E-state index is 13.0. The highest BCUT2D eigenvalue weighted by Gasteiger charge is 2.25. The minimum absolute atomic E-state index is 0.000355. The largest absolute Gasteiger partial charge is 0.322 e. The van der Waals surface area contributed by atoms with E-state index in [1.165, 1.54) is 34.6 Å². The van der Waals surface area contributed by atoms with Gasteiger partial charge in [0.15, 0.2) is 0 Å². The first-order valence-corrected chi connectivity index (χ1v) is 15.1. The van der Waals surface area contributed by atoms with Gasteiger partial charge in [0.1, 0.15) is 0 Å². The lowest BCUT2D eigenvalue weighted by Gasteiger charge is -2.20. The van der Waals surface area contributed by atoms with Crippen molar-refractivity contribution in [3.05, 3.63) is 83.4 Å². The van der Waals surface area contributed by atoms with Gasteiger partial charge in [0.2, 0.25) is 10.0 Å². The number of nitrogens with zero attached hydrogens (tertiary/aromatic N) is 1. The van der Waals surface area contributed by atoms with Crippen LogP contribution in [0.15, 0.2) is 76.5 Å². The first-order valence-electron chi connectivity index (χ1n) is 12.2. The number of hydrogen-bond donors (Lipinski definition) is 2. The van der Waals surface area contributed by atoms with Crippen molar-refractivity contribution in [1.29, 1.82) is 0 Å². The van der Waals surface area contributed by atoms with Crippen LogP contribution in [-0.4, -0.2) is 40.1 Å². The van der Waals surface area contributed by atoms with Gasteiger partial charge in [-0.3, -0.25) is 9.52 Å². The number of rotatable bonds is 7. The molecular weight excluding hydrogens is 510 g/mol. The lowest BCUT2D eigenvalue weighted by Crippen LogP contribution is -2.31. The molecule has 10 heteroatoms. The molecule has 4 rings (SSSR count). The minimum Gasteiger partial charge on any atom is -0.322 e. The molecule has 2 N–H and O–H groups in total. The summed E-state index contributed by atoms with van der Waals surface area (Å²) in [5, 5.41) is 2.72. The van der Waals surface area contributed by atoms with Gasteiger partial charge < -0.3 is 5.32 Å². The summed E-state index contributed by atoms with van der Waals surface area (Å²) in [6.45, 7) is 4.60. The molecule has 8 nitrogen and oxygen atoms in total. The van der Waals surface area contributed by atoms with E-state index in [9.17, 15) is 21.6 Å². The van der Waals surface area contributed by atoms with Crippen molar-refractivity contribution in [1.82, 2.24) is 4.31 Å². The third-order valence-electron chi connectivity index (χ3n) is 6.36. The highest BCUT2D eigenvalue weighted by atomic mass is 32.2. The Bertz CT molecular complexity index is 1480. The fourth-order valence-corrected chi connectivity index (χ4v) is 7.05. The third-order valence-corrected chi connectivity index (χ3v) is 9.79. The summed E-state index contributed by atoms with van der Waals surface area (Å²) in [6, 6.07) is 17.4. The molecule has 3 aromatic carbocycles. The average Bonchev–Trinajstić information content (AvgIpc) is 3.16. The normalized spacial score (nSPS) is 15.1. The first kappa shape index (κ1) is 26.8. The lowest BCUT2D eigenvalue weighted by molar-refractivity contribution is 0.102. The van der Waals surface area contributed by atoms with Crippen LogP contribution in [0.1, 0.15) is 47.2 Å². The van der Waals surface area contributed by atoms with Gasteiger partial charge >= 0.3 is 0 Å². The number of sulfonamides is 2. The Kier molecular flexibility index (Phi) is 8.01. The molecule has 1 aliphatic rings. The van der Waals surface area contributed by atoms with E-state index in [2.05, 4.69) is 10.0 Å². The van der Waals surface area contributed by atoms with Gasteiger partial charge in [0, 0.05) is 30.0 Å². The summed E-state index contributed by atoms with van der Waals surface area (Å²) in [6.07, 6.45) is 3.76. The number of hydrogen-bond acceptors (Lipinski definition) is 5. The zero-order valence-electron chi connectivity index (χ0n) is 20.9. The van der Waals surface area contributed by atoms with Gasteiger partial charge in [-0.05, 0) is 80.8 Å². The molecule has 1 heterocycles. The van der Waals surface area contributed by atoms with Gasteiger partial charge in [-0.2, -0.15) is 4.31 Å². The van der Waals surface area contributed by atoms with Gasteiger partial charge in [-0.25, -0.2) is 16.8 Å². The van der Waals surface area contributed by atoms with Crippen molar-refractivity contribution in [3.63, 3.8) is 0 Å². The molecule has 0 saturated carbocycles. The Morgan fingerprint density at radius 3 is 1.97 bits per heavy atom. The SMILES string of the molecule is Cc1ccc(NS(=O)(=O)c2cc(C(=O)Nc3ccc(S(=O)(=O)N4CCCCCC4)cc3)ccc2C)cc1. The molecule has 0 unspecified atom stereocenters. The number of amides is 1. The summed E-state index contributed by atoms with van der Waals surface area (Å²) >= 11 is 0. The van der Waals surface area contributed by atoms with Crippen LogP contribution in [0.3, 0.4) is 0 Å². The van der Waals surface area contributed by atoms with Crippen LogP contribution in [0.4, 0.5) is 11.4 Å². The van der Waals surface area contributed by atoms with Crippen LogP contribution in [0.5, 0.6) is 0 Å². The predicted octanol–water partition coefficient (Wildman–Crippen LogP) is 4.92. The maximum Gasteiger partial charge on any atom is 0.262 e. The molecular formula is C27H31N3O5S2. The van der Waals surface area contributed by atoms with E-state index in [4.69, 9.17) is 0 Å². The number of carbonyl (C=O) groups is 1. The number of anilines is 2. The zero-order valence-corrected chi connectivity index (χ0v) is 22.5. The molecule has 0 atom stereocenters. The van der Waals surface area contributed by atoms with Crippen molar-refractivity contribution in [2.75, 3.05) is 23.1 Å². The van der Waals surface area contributed by atoms with Crippen LogP contribution < -0.4 is 10.0 Å². The average molecular weight is 542 g/mol. The van der Waals surface area contributed by atoms with Crippen LogP contribution in [0, 0.1) is 13.8 Å². The summed E-state index contributed by atoms with van der Waals surface area (Å²) in [5.41, 5.74) is 2.50. The van der Waals surface area contributed by atoms with E-state index in [1.54, 1.807) is 43.3 Å². The molecule has 3 aromatic rings. The van der Waals surface area contributed by atoms with E-state index < -0.39 is 26.0 Å². The van der Waals surface area contributed by atoms with E-state index in [0.29, 0.717) is 30.0 Å².